The fourth-order valence-corrected chi connectivity index (χ4v) is 2.02. The third-order valence-electron chi connectivity index (χ3n) is 3.19. The van der Waals surface area contributed by atoms with Gasteiger partial charge in [-0.15, -0.1) is 0 Å². The maximum atomic E-state index is 12.1. The summed E-state index contributed by atoms with van der Waals surface area (Å²) >= 11 is 0. The third-order valence-corrected chi connectivity index (χ3v) is 3.19. The number of nitrogens with zero attached hydrogens (tertiary/aromatic N) is 2. The first-order valence-electron chi connectivity index (χ1n) is 7.21. The number of hydrogen-bond donors (Lipinski definition) is 2. The van der Waals surface area contributed by atoms with E-state index >= 15 is 0 Å². The van der Waals surface area contributed by atoms with Gasteiger partial charge in [-0.3, -0.25) is 9.59 Å². The van der Waals surface area contributed by atoms with Gasteiger partial charge in [0, 0.05) is 12.6 Å². The van der Waals surface area contributed by atoms with E-state index in [2.05, 4.69) is 10.4 Å². The molecule has 0 aliphatic heterocycles. The Kier molecular flexibility index (Phi) is 4.93. The van der Waals surface area contributed by atoms with Gasteiger partial charge in [0.15, 0.2) is 11.4 Å². The Morgan fingerprint density at radius 3 is 2.82 bits per heavy atom. The van der Waals surface area contributed by atoms with Crippen LogP contribution in [0.4, 0.5) is 0 Å². The molecule has 6 nitrogen and oxygen atoms in total. The second-order valence-electron chi connectivity index (χ2n) is 5.08. The van der Waals surface area contributed by atoms with Gasteiger partial charge in [-0.05, 0) is 31.0 Å². The largest absolute Gasteiger partial charge is 0.505 e. The van der Waals surface area contributed by atoms with Gasteiger partial charge < -0.3 is 10.4 Å². The summed E-state index contributed by atoms with van der Waals surface area (Å²) in [6.45, 7) is 4.41. The van der Waals surface area contributed by atoms with E-state index in [0.717, 1.165) is 29.2 Å². The van der Waals surface area contributed by atoms with Crippen molar-refractivity contribution in [1.82, 2.24) is 15.1 Å². The first kappa shape index (κ1) is 15.8. The number of aromatic nitrogens is 2. The number of hydrogen-bond acceptors (Lipinski definition) is 4. The minimum atomic E-state index is -0.493. The van der Waals surface area contributed by atoms with E-state index in [9.17, 15) is 14.7 Å². The predicted octanol–water partition coefficient (Wildman–Crippen LogP) is 1.78. The molecule has 0 spiro atoms. The maximum absolute atomic E-state index is 12.1. The zero-order valence-electron chi connectivity index (χ0n) is 12.7. The van der Waals surface area contributed by atoms with Crippen molar-refractivity contribution in [2.75, 3.05) is 6.54 Å². The summed E-state index contributed by atoms with van der Waals surface area (Å²) in [6, 6.07) is 8.20. The van der Waals surface area contributed by atoms with Gasteiger partial charge in [0.2, 0.25) is 0 Å². The molecule has 2 rings (SSSR count). The van der Waals surface area contributed by atoms with Crippen molar-refractivity contribution >= 4 is 5.91 Å². The van der Waals surface area contributed by atoms with E-state index in [4.69, 9.17) is 0 Å². The molecule has 0 aliphatic rings. The molecule has 0 atom stereocenters. The minimum absolute atomic E-state index is 0.155. The number of benzene rings is 1. The van der Waals surface area contributed by atoms with Crippen LogP contribution in [0.1, 0.15) is 35.8 Å². The number of unbranched alkanes of at least 4 members (excludes halogenated alkanes) is 1. The summed E-state index contributed by atoms with van der Waals surface area (Å²) < 4.78 is 1.11. The van der Waals surface area contributed by atoms with Crippen LogP contribution in [-0.4, -0.2) is 27.3 Å². The Balaban J connectivity index is 2.39. The lowest BCUT2D eigenvalue weighted by Gasteiger charge is -2.09. The van der Waals surface area contributed by atoms with Crippen molar-refractivity contribution in [3.63, 3.8) is 0 Å². The molecule has 0 radical (unpaired) electrons. The van der Waals surface area contributed by atoms with Gasteiger partial charge in [0.25, 0.3) is 11.5 Å². The molecule has 116 valence electrons. The Hall–Kier alpha value is -2.63. The molecule has 1 heterocycles. The average Bonchev–Trinajstić information content (AvgIpc) is 2.47. The molecular formula is C16H19N3O3. The Morgan fingerprint density at radius 1 is 1.36 bits per heavy atom. The van der Waals surface area contributed by atoms with E-state index in [1.165, 1.54) is 0 Å². The summed E-state index contributed by atoms with van der Waals surface area (Å²) in [5.74, 6) is -0.907. The molecule has 22 heavy (non-hydrogen) atoms. The van der Waals surface area contributed by atoms with Crippen LogP contribution in [0.2, 0.25) is 0 Å². The van der Waals surface area contributed by atoms with Gasteiger partial charge in [-0.25, -0.2) is 0 Å². The van der Waals surface area contributed by atoms with E-state index in [1.807, 2.05) is 19.9 Å². The fourth-order valence-electron chi connectivity index (χ4n) is 2.02. The van der Waals surface area contributed by atoms with Gasteiger partial charge in [-0.2, -0.15) is 9.78 Å². The van der Waals surface area contributed by atoms with E-state index in [0.29, 0.717) is 12.2 Å². The van der Waals surface area contributed by atoms with Crippen molar-refractivity contribution in [3.8, 4) is 11.4 Å². The summed E-state index contributed by atoms with van der Waals surface area (Å²) in [4.78, 5) is 24.0. The molecule has 2 aromatic rings. The predicted molar refractivity (Wildman–Crippen MR) is 83.5 cm³/mol. The van der Waals surface area contributed by atoms with Crippen LogP contribution in [0, 0.1) is 6.92 Å². The molecule has 1 amide bonds. The Bertz CT molecular complexity index is 738. The Morgan fingerprint density at radius 2 is 2.14 bits per heavy atom. The number of carbonyl (C=O) groups is 1. The zero-order valence-corrected chi connectivity index (χ0v) is 12.7. The standard InChI is InChI=1S/C16H19N3O3/c1-3-4-8-17-16(22)15-13(20)10-14(21)19(18-15)12-7-5-6-11(2)9-12/h5-7,9-10,20H,3-4,8H2,1-2H3,(H,17,22). The smallest absolute Gasteiger partial charge is 0.275 e. The van der Waals surface area contributed by atoms with Crippen molar-refractivity contribution in [2.24, 2.45) is 0 Å². The average molecular weight is 301 g/mol. The topological polar surface area (TPSA) is 84.2 Å². The van der Waals surface area contributed by atoms with Crippen molar-refractivity contribution in [1.29, 1.82) is 0 Å². The van der Waals surface area contributed by atoms with Gasteiger partial charge >= 0.3 is 0 Å². The molecule has 0 saturated carbocycles. The van der Waals surface area contributed by atoms with Gasteiger partial charge in [-0.1, -0.05) is 25.5 Å². The van der Waals surface area contributed by atoms with Crippen LogP contribution in [-0.2, 0) is 0 Å². The number of aryl methyl sites for hydroxylation is 1. The van der Waals surface area contributed by atoms with Crippen LogP contribution >= 0.6 is 0 Å². The van der Waals surface area contributed by atoms with E-state index in [1.54, 1.807) is 18.2 Å². The first-order chi connectivity index (χ1) is 10.5. The highest BCUT2D eigenvalue weighted by Gasteiger charge is 2.16. The summed E-state index contributed by atoms with van der Waals surface area (Å²) in [7, 11) is 0. The molecule has 0 bridgehead atoms. The maximum Gasteiger partial charge on any atom is 0.275 e. The van der Waals surface area contributed by atoms with Crippen molar-refractivity contribution < 1.29 is 9.90 Å². The van der Waals surface area contributed by atoms with E-state index < -0.39 is 17.2 Å². The Labute approximate surface area is 128 Å². The fraction of sp³-hybridized carbons (Fsp3) is 0.312. The van der Waals surface area contributed by atoms with Gasteiger partial charge in [0.1, 0.15) is 0 Å². The second-order valence-corrected chi connectivity index (χ2v) is 5.08. The number of carbonyl (C=O) groups excluding carboxylic acids is 1. The van der Waals surface area contributed by atoms with Crippen LogP contribution in [0.5, 0.6) is 5.75 Å². The molecule has 0 unspecified atom stereocenters. The normalized spacial score (nSPS) is 10.5. The molecule has 0 saturated heterocycles. The van der Waals surface area contributed by atoms with Crippen LogP contribution < -0.4 is 10.9 Å². The quantitative estimate of drug-likeness (QED) is 0.824. The molecule has 2 N–H and O–H groups in total. The lowest BCUT2D eigenvalue weighted by atomic mass is 10.2. The third kappa shape index (κ3) is 3.52. The second kappa shape index (κ2) is 6.89. The van der Waals surface area contributed by atoms with E-state index in [-0.39, 0.29) is 5.69 Å². The van der Waals surface area contributed by atoms with Crippen LogP contribution in [0.3, 0.4) is 0 Å². The number of rotatable bonds is 5. The lowest BCUT2D eigenvalue weighted by molar-refractivity contribution is 0.0943. The zero-order chi connectivity index (χ0) is 16.1. The molecule has 6 heteroatoms. The first-order valence-corrected chi connectivity index (χ1v) is 7.21. The summed E-state index contributed by atoms with van der Waals surface area (Å²) in [5, 5.41) is 16.5. The van der Waals surface area contributed by atoms with Gasteiger partial charge in [0.05, 0.1) is 5.69 Å². The van der Waals surface area contributed by atoms with Crippen LogP contribution in [0.15, 0.2) is 35.1 Å². The number of amides is 1. The number of nitrogens with one attached hydrogen (secondary N) is 1. The molecule has 0 aliphatic carbocycles. The number of aromatic hydroxyl groups is 1. The van der Waals surface area contributed by atoms with Crippen molar-refractivity contribution in [3.05, 3.63) is 51.9 Å². The molecular weight excluding hydrogens is 282 g/mol. The minimum Gasteiger partial charge on any atom is -0.505 e. The highest BCUT2D eigenvalue weighted by Crippen LogP contribution is 2.13. The van der Waals surface area contributed by atoms with Crippen molar-refractivity contribution in [2.45, 2.75) is 26.7 Å². The monoisotopic (exact) mass is 301 g/mol. The lowest BCUT2D eigenvalue weighted by Crippen LogP contribution is -2.29. The highest BCUT2D eigenvalue weighted by molar-refractivity contribution is 5.94. The molecule has 0 fully saturated rings. The SMILES string of the molecule is CCCCNC(=O)c1nn(-c2cccc(C)c2)c(=O)cc1O. The molecule has 1 aromatic heterocycles. The van der Waals surface area contributed by atoms with Crippen LogP contribution in [0.25, 0.3) is 5.69 Å². The summed E-state index contributed by atoms with van der Waals surface area (Å²) in [5.41, 5.74) is 0.867. The summed E-state index contributed by atoms with van der Waals surface area (Å²) in [6.07, 6.45) is 1.78. The molecule has 1 aromatic carbocycles. The highest BCUT2D eigenvalue weighted by atomic mass is 16.3.